The van der Waals surface area contributed by atoms with Crippen LogP contribution < -0.4 is 10.2 Å². The molecule has 0 aliphatic heterocycles. The minimum Gasteiger partial charge on any atom is -0.508 e. The number of phenols is 1. The summed E-state index contributed by atoms with van der Waals surface area (Å²) in [4.78, 5) is 29.9. The fourth-order valence-electron chi connectivity index (χ4n) is 4.57. The molecule has 0 spiro atoms. The molecule has 37 heavy (non-hydrogen) atoms. The molecule has 11 nitrogen and oxygen atoms in total. The first-order valence-corrected chi connectivity index (χ1v) is 12.2. The van der Waals surface area contributed by atoms with Gasteiger partial charge in [-0.25, -0.2) is 0 Å². The van der Waals surface area contributed by atoms with Crippen molar-refractivity contribution in [2.24, 2.45) is 0 Å². The van der Waals surface area contributed by atoms with E-state index in [4.69, 9.17) is 8.83 Å². The number of tetrazole rings is 1. The Morgan fingerprint density at radius 2 is 1.86 bits per heavy atom. The Bertz CT molecular complexity index is 1400. The number of amides is 2. The van der Waals surface area contributed by atoms with Crippen molar-refractivity contribution < 1.29 is 23.5 Å². The first kappa shape index (κ1) is 24.3. The van der Waals surface area contributed by atoms with Gasteiger partial charge in [-0.1, -0.05) is 18.9 Å². The number of carbonyl (C=O) groups excluding carboxylic acids is 2. The summed E-state index contributed by atoms with van der Waals surface area (Å²) in [5.74, 6) is 1.37. The second-order valence-electron chi connectivity index (χ2n) is 9.18. The fourth-order valence-corrected chi connectivity index (χ4v) is 4.57. The van der Waals surface area contributed by atoms with Crippen LogP contribution in [0.5, 0.6) is 5.75 Å². The Hall–Kier alpha value is -4.41. The van der Waals surface area contributed by atoms with E-state index in [1.165, 1.54) is 17.0 Å². The minimum atomic E-state index is -1.11. The number of phenolic OH excluding ortho intramolecular Hbond substituents is 1. The highest BCUT2D eigenvalue weighted by molar-refractivity contribution is 6.01. The van der Waals surface area contributed by atoms with Crippen LogP contribution in [-0.4, -0.2) is 43.2 Å². The average molecular weight is 505 g/mol. The summed E-state index contributed by atoms with van der Waals surface area (Å²) in [5, 5.41) is 25.5. The molecular weight excluding hydrogens is 476 g/mol. The number of anilines is 1. The molecule has 1 aliphatic rings. The van der Waals surface area contributed by atoms with Crippen molar-refractivity contribution in [2.45, 2.75) is 58.2 Å². The summed E-state index contributed by atoms with van der Waals surface area (Å²) in [6, 6.07) is 12.0. The number of benzene rings is 1. The lowest BCUT2D eigenvalue weighted by atomic mass is 10.1. The number of furan rings is 2. The largest absolute Gasteiger partial charge is 0.508 e. The molecule has 2 N–H and O–H groups in total. The van der Waals surface area contributed by atoms with Crippen molar-refractivity contribution >= 4 is 17.5 Å². The third-order valence-electron chi connectivity index (χ3n) is 6.31. The molecule has 0 unspecified atom stereocenters. The van der Waals surface area contributed by atoms with Gasteiger partial charge in [-0.2, -0.15) is 4.80 Å². The molecule has 0 radical (unpaired) electrons. The number of nitrogens with zero attached hydrogens (tertiary/aromatic N) is 5. The second kappa shape index (κ2) is 10.3. The molecule has 1 aliphatic carbocycles. The van der Waals surface area contributed by atoms with E-state index in [1.807, 2.05) is 0 Å². The van der Waals surface area contributed by atoms with Crippen molar-refractivity contribution in [3.63, 3.8) is 0 Å². The third kappa shape index (κ3) is 5.40. The van der Waals surface area contributed by atoms with E-state index in [2.05, 4.69) is 20.7 Å². The topological polar surface area (TPSA) is 140 Å². The molecule has 4 aromatic rings. The van der Waals surface area contributed by atoms with Crippen molar-refractivity contribution in [3.05, 3.63) is 65.8 Å². The Morgan fingerprint density at radius 1 is 1.11 bits per heavy atom. The lowest BCUT2D eigenvalue weighted by Gasteiger charge is -2.30. The molecule has 2 amide bonds. The zero-order chi connectivity index (χ0) is 25.9. The lowest BCUT2D eigenvalue weighted by Crippen LogP contribution is -2.47. The Kier molecular flexibility index (Phi) is 6.76. The highest BCUT2D eigenvalue weighted by Gasteiger charge is 2.37. The molecule has 3 aromatic heterocycles. The van der Waals surface area contributed by atoms with Crippen LogP contribution in [0, 0.1) is 13.8 Å². The highest BCUT2D eigenvalue weighted by Crippen LogP contribution is 2.32. The van der Waals surface area contributed by atoms with Gasteiger partial charge in [-0.3, -0.25) is 14.5 Å². The number of rotatable bonds is 8. The molecule has 1 atom stereocenters. The van der Waals surface area contributed by atoms with Crippen LogP contribution in [-0.2, 0) is 16.1 Å². The maximum absolute atomic E-state index is 13.8. The van der Waals surface area contributed by atoms with Gasteiger partial charge < -0.3 is 19.3 Å². The number of aryl methyl sites for hydroxylation is 2. The SMILES string of the molecule is Cc1ccc(-c2nnn(CC(=O)N(c3cccc(O)c3)[C@@H](C(=O)NC3CCCC3)c3ccc(C)o3)n2)o1. The molecule has 3 heterocycles. The van der Waals surface area contributed by atoms with Crippen LogP contribution in [0.15, 0.2) is 57.4 Å². The van der Waals surface area contributed by atoms with Gasteiger partial charge in [0.1, 0.15) is 29.6 Å². The number of hydrogen-bond donors (Lipinski definition) is 2. The van der Waals surface area contributed by atoms with Crippen molar-refractivity contribution in [1.82, 2.24) is 25.5 Å². The molecule has 192 valence electrons. The summed E-state index contributed by atoms with van der Waals surface area (Å²) in [6.45, 7) is 3.26. The number of hydrogen-bond acceptors (Lipinski definition) is 8. The van der Waals surface area contributed by atoms with Crippen LogP contribution in [0.4, 0.5) is 5.69 Å². The Labute approximate surface area is 213 Å². The van der Waals surface area contributed by atoms with Crippen molar-refractivity contribution in [1.29, 1.82) is 0 Å². The first-order valence-electron chi connectivity index (χ1n) is 12.2. The van der Waals surface area contributed by atoms with Gasteiger partial charge >= 0.3 is 0 Å². The number of nitrogens with one attached hydrogen (secondary N) is 1. The molecule has 1 saturated carbocycles. The van der Waals surface area contributed by atoms with Crippen LogP contribution in [0.3, 0.4) is 0 Å². The van der Waals surface area contributed by atoms with Gasteiger partial charge in [0, 0.05) is 17.8 Å². The highest BCUT2D eigenvalue weighted by atomic mass is 16.3. The van der Waals surface area contributed by atoms with Crippen molar-refractivity contribution in [3.8, 4) is 17.3 Å². The number of carbonyl (C=O) groups is 2. The van der Waals surface area contributed by atoms with Gasteiger partial charge in [0.25, 0.3) is 11.8 Å². The van der Waals surface area contributed by atoms with E-state index < -0.39 is 11.9 Å². The molecule has 1 aromatic carbocycles. The molecule has 0 bridgehead atoms. The Morgan fingerprint density at radius 3 is 2.54 bits per heavy atom. The lowest BCUT2D eigenvalue weighted by molar-refractivity contribution is -0.128. The monoisotopic (exact) mass is 504 g/mol. The van der Waals surface area contributed by atoms with E-state index in [-0.39, 0.29) is 30.1 Å². The van der Waals surface area contributed by atoms with Gasteiger partial charge in [-0.05, 0) is 68.3 Å². The van der Waals surface area contributed by atoms with Gasteiger partial charge in [0.15, 0.2) is 11.8 Å². The summed E-state index contributed by atoms with van der Waals surface area (Å²) in [7, 11) is 0. The van der Waals surface area contributed by atoms with Crippen LogP contribution in [0.1, 0.15) is 49.0 Å². The minimum absolute atomic E-state index is 0.0310. The van der Waals surface area contributed by atoms with Crippen molar-refractivity contribution in [2.75, 3.05) is 4.90 Å². The zero-order valence-corrected chi connectivity index (χ0v) is 20.6. The second-order valence-corrected chi connectivity index (χ2v) is 9.18. The normalized spacial score (nSPS) is 14.5. The smallest absolute Gasteiger partial charge is 0.251 e. The summed E-state index contributed by atoms with van der Waals surface area (Å²) < 4.78 is 11.4. The number of aromatic nitrogens is 4. The molecule has 1 fully saturated rings. The first-order chi connectivity index (χ1) is 17.9. The van der Waals surface area contributed by atoms with E-state index in [0.717, 1.165) is 30.5 Å². The molecule has 0 saturated heterocycles. The van der Waals surface area contributed by atoms with E-state index in [1.54, 1.807) is 50.2 Å². The van der Waals surface area contributed by atoms with E-state index in [0.29, 0.717) is 28.7 Å². The van der Waals surface area contributed by atoms with Gasteiger partial charge in [0.2, 0.25) is 5.82 Å². The van der Waals surface area contributed by atoms with Gasteiger partial charge in [0.05, 0.1) is 0 Å². The Balaban J connectivity index is 1.49. The predicted molar refractivity (Wildman–Crippen MR) is 132 cm³/mol. The van der Waals surface area contributed by atoms with Crippen LogP contribution in [0.2, 0.25) is 0 Å². The average Bonchev–Trinajstić information content (AvgIpc) is 3.66. The fraction of sp³-hybridized carbons (Fsp3) is 0.346. The van der Waals surface area contributed by atoms with E-state index in [9.17, 15) is 14.7 Å². The standard InChI is InChI=1S/C26H28N6O5/c1-16-10-12-21(36-16)24(26(35)27-18-6-3-4-7-18)32(19-8-5-9-20(33)14-19)23(34)15-31-29-25(28-30-31)22-13-11-17(2)37-22/h5,8-14,18,24,33H,3-4,6-7,15H2,1-2H3,(H,27,35)/t24-/m1/s1. The van der Waals surface area contributed by atoms with E-state index >= 15 is 0 Å². The third-order valence-corrected chi connectivity index (χ3v) is 6.31. The van der Waals surface area contributed by atoms with Crippen LogP contribution >= 0.6 is 0 Å². The predicted octanol–water partition coefficient (Wildman–Crippen LogP) is 3.68. The summed E-state index contributed by atoms with van der Waals surface area (Å²) in [5.41, 5.74) is 0.327. The summed E-state index contributed by atoms with van der Waals surface area (Å²) in [6.07, 6.45) is 3.85. The quantitative estimate of drug-likeness (QED) is 0.370. The van der Waals surface area contributed by atoms with Crippen LogP contribution in [0.25, 0.3) is 11.6 Å². The number of aromatic hydroxyl groups is 1. The summed E-state index contributed by atoms with van der Waals surface area (Å²) >= 11 is 0. The maximum Gasteiger partial charge on any atom is 0.251 e. The van der Waals surface area contributed by atoms with Gasteiger partial charge in [-0.15, -0.1) is 10.2 Å². The molecule has 11 heteroatoms. The maximum atomic E-state index is 13.8. The zero-order valence-electron chi connectivity index (χ0n) is 20.6. The molecular formula is C26H28N6O5. The molecule has 5 rings (SSSR count).